The van der Waals surface area contributed by atoms with Gasteiger partial charge in [0.25, 0.3) is 0 Å². The molecule has 3 amide bonds. The molecule has 0 saturated heterocycles. The lowest BCUT2D eigenvalue weighted by atomic mass is 9.89. The number of halogens is 1. The first kappa shape index (κ1) is 16.6. The molecule has 0 aromatic heterocycles. The Balaban J connectivity index is 1.64. The molecule has 1 aliphatic rings. The van der Waals surface area contributed by atoms with Crippen LogP contribution in [0, 0.1) is 5.82 Å². The van der Waals surface area contributed by atoms with E-state index in [0.717, 1.165) is 0 Å². The van der Waals surface area contributed by atoms with Crippen molar-refractivity contribution in [2.24, 2.45) is 0 Å². The average molecular weight is 341 g/mol. The third-order valence-corrected chi connectivity index (χ3v) is 3.85. The number of benzene rings is 2. The van der Waals surface area contributed by atoms with Crippen LogP contribution in [0.15, 0.2) is 48.5 Å². The monoisotopic (exact) mass is 341 g/mol. The van der Waals surface area contributed by atoms with Gasteiger partial charge in [0, 0.05) is 17.8 Å². The summed E-state index contributed by atoms with van der Waals surface area (Å²) in [5.74, 6) is -2.45. The maximum Gasteiger partial charge on any atom is 0.243 e. The maximum absolute atomic E-state index is 13.3. The van der Waals surface area contributed by atoms with E-state index in [1.165, 1.54) is 18.2 Å². The maximum atomic E-state index is 13.3. The minimum Gasteiger partial charge on any atom is -0.346 e. The number of carbonyl (C=O) groups is 3. The lowest BCUT2D eigenvalue weighted by molar-refractivity contribution is -0.127. The highest BCUT2D eigenvalue weighted by molar-refractivity contribution is 6.02. The highest BCUT2D eigenvalue weighted by Gasteiger charge is 2.31. The standard InChI is InChI=1S/C18H16FN3O3/c19-11-6-7-13-14(9-16(23)22-15(13)8-11)18(25)20-10-17(24)21-12-4-2-1-3-5-12/h1-8,14H,9-10H2,(H,20,25)(H,21,24)(H,22,23)/t14-/m1/s1. The van der Waals surface area contributed by atoms with Crippen LogP contribution in [0.4, 0.5) is 15.8 Å². The average Bonchev–Trinajstić information content (AvgIpc) is 2.59. The van der Waals surface area contributed by atoms with Crippen LogP contribution in [0.5, 0.6) is 0 Å². The number of fused-ring (bicyclic) bond motifs is 1. The number of nitrogens with one attached hydrogen (secondary N) is 3. The molecule has 0 bridgehead atoms. The van der Waals surface area contributed by atoms with Crippen LogP contribution in [-0.4, -0.2) is 24.3 Å². The molecule has 0 radical (unpaired) electrons. The largest absolute Gasteiger partial charge is 0.346 e. The van der Waals surface area contributed by atoms with Crippen molar-refractivity contribution in [1.82, 2.24) is 5.32 Å². The lowest BCUT2D eigenvalue weighted by Crippen LogP contribution is -2.38. The van der Waals surface area contributed by atoms with Crippen LogP contribution in [0.1, 0.15) is 17.9 Å². The summed E-state index contributed by atoms with van der Waals surface area (Å²) in [6.45, 7) is -0.220. The van der Waals surface area contributed by atoms with Crippen LogP contribution in [0.2, 0.25) is 0 Å². The lowest BCUT2D eigenvalue weighted by Gasteiger charge is -2.24. The molecule has 3 rings (SSSR count). The summed E-state index contributed by atoms with van der Waals surface area (Å²) in [7, 11) is 0. The minimum atomic E-state index is -0.756. The Morgan fingerprint density at radius 3 is 2.68 bits per heavy atom. The number of para-hydroxylation sites is 1. The number of hydrogen-bond donors (Lipinski definition) is 3. The second kappa shape index (κ2) is 7.12. The number of carbonyl (C=O) groups excluding carboxylic acids is 3. The molecule has 3 N–H and O–H groups in total. The highest BCUT2D eigenvalue weighted by atomic mass is 19.1. The summed E-state index contributed by atoms with van der Waals surface area (Å²) in [5.41, 5.74) is 1.44. The van der Waals surface area contributed by atoms with Crippen molar-refractivity contribution in [2.75, 3.05) is 17.2 Å². The van der Waals surface area contributed by atoms with Gasteiger partial charge in [-0.3, -0.25) is 14.4 Å². The SMILES string of the molecule is O=C(CNC(=O)[C@@H]1CC(=O)Nc2cc(F)ccc21)Nc1ccccc1. The van der Waals surface area contributed by atoms with Crippen molar-refractivity contribution in [1.29, 1.82) is 0 Å². The summed E-state index contributed by atoms with van der Waals surface area (Å²) in [6.07, 6.45) is -0.0508. The molecule has 2 aromatic carbocycles. The zero-order valence-corrected chi connectivity index (χ0v) is 13.2. The fraction of sp³-hybridized carbons (Fsp3) is 0.167. The molecule has 128 valence electrons. The normalized spacial score (nSPS) is 15.7. The zero-order valence-electron chi connectivity index (χ0n) is 13.2. The molecule has 0 saturated carbocycles. The summed E-state index contributed by atoms with van der Waals surface area (Å²) < 4.78 is 13.3. The van der Waals surface area contributed by atoms with Gasteiger partial charge in [-0.2, -0.15) is 0 Å². The molecule has 0 spiro atoms. The van der Waals surface area contributed by atoms with Gasteiger partial charge < -0.3 is 16.0 Å². The quantitative estimate of drug-likeness (QED) is 0.795. The third kappa shape index (κ3) is 4.00. The fourth-order valence-corrected chi connectivity index (χ4v) is 2.69. The Morgan fingerprint density at radius 1 is 1.16 bits per heavy atom. The van der Waals surface area contributed by atoms with Crippen molar-refractivity contribution >= 4 is 29.1 Å². The first-order valence-corrected chi connectivity index (χ1v) is 7.75. The van der Waals surface area contributed by atoms with Gasteiger partial charge in [-0.1, -0.05) is 24.3 Å². The molecule has 0 fully saturated rings. The van der Waals surface area contributed by atoms with Gasteiger partial charge >= 0.3 is 0 Å². The minimum absolute atomic E-state index is 0.0508. The Bertz CT molecular complexity index is 824. The van der Waals surface area contributed by atoms with Gasteiger partial charge in [-0.05, 0) is 29.8 Å². The van der Waals surface area contributed by atoms with Crippen LogP contribution >= 0.6 is 0 Å². The van der Waals surface area contributed by atoms with E-state index in [9.17, 15) is 18.8 Å². The molecule has 7 heteroatoms. The summed E-state index contributed by atoms with van der Waals surface area (Å²) in [4.78, 5) is 36.0. The Morgan fingerprint density at radius 2 is 1.92 bits per heavy atom. The van der Waals surface area contributed by atoms with Gasteiger partial charge in [0.05, 0.1) is 12.5 Å². The predicted octanol–water partition coefficient (Wildman–Crippen LogP) is 2.01. The molecule has 1 atom stereocenters. The smallest absolute Gasteiger partial charge is 0.243 e. The van der Waals surface area contributed by atoms with Crippen LogP contribution in [-0.2, 0) is 14.4 Å². The van der Waals surface area contributed by atoms with Gasteiger partial charge in [0.15, 0.2) is 0 Å². The fourth-order valence-electron chi connectivity index (χ4n) is 2.69. The molecule has 6 nitrogen and oxygen atoms in total. The molecule has 0 aliphatic carbocycles. The van der Waals surface area contributed by atoms with E-state index in [0.29, 0.717) is 11.3 Å². The predicted molar refractivity (Wildman–Crippen MR) is 90.5 cm³/mol. The van der Waals surface area contributed by atoms with Crippen LogP contribution in [0.25, 0.3) is 0 Å². The van der Waals surface area contributed by atoms with E-state index in [1.807, 2.05) is 6.07 Å². The van der Waals surface area contributed by atoms with E-state index in [1.54, 1.807) is 24.3 Å². The number of rotatable bonds is 4. The van der Waals surface area contributed by atoms with Gasteiger partial charge in [-0.15, -0.1) is 0 Å². The molecule has 1 heterocycles. The second-order valence-electron chi connectivity index (χ2n) is 5.67. The molecule has 1 aliphatic heterocycles. The van der Waals surface area contributed by atoms with Crippen molar-refractivity contribution < 1.29 is 18.8 Å². The van der Waals surface area contributed by atoms with E-state index in [4.69, 9.17) is 0 Å². The number of anilines is 2. The Hall–Kier alpha value is -3.22. The Kier molecular flexibility index (Phi) is 4.74. The summed E-state index contributed by atoms with van der Waals surface area (Å²) in [5, 5.41) is 7.72. The van der Waals surface area contributed by atoms with Crippen molar-refractivity contribution in [3.8, 4) is 0 Å². The van der Waals surface area contributed by atoms with Crippen LogP contribution < -0.4 is 16.0 Å². The van der Waals surface area contributed by atoms with Gasteiger partial charge in [0.1, 0.15) is 5.82 Å². The molecular weight excluding hydrogens is 325 g/mol. The topological polar surface area (TPSA) is 87.3 Å². The first-order valence-electron chi connectivity index (χ1n) is 7.75. The van der Waals surface area contributed by atoms with E-state index < -0.39 is 17.6 Å². The summed E-state index contributed by atoms with van der Waals surface area (Å²) >= 11 is 0. The molecule has 25 heavy (non-hydrogen) atoms. The highest BCUT2D eigenvalue weighted by Crippen LogP contribution is 2.32. The third-order valence-electron chi connectivity index (χ3n) is 3.85. The zero-order chi connectivity index (χ0) is 17.8. The van der Waals surface area contributed by atoms with E-state index in [2.05, 4.69) is 16.0 Å². The van der Waals surface area contributed by atoms with Gasteiger partial charge in [-0.25, -0.2) is 4.39 Å². The van der Waals surface area contributed by atoms with E-state index in [-0.39, 0.29) is 30.5 Å². The number of amides is 3. The van der Waals surface area contributed by atoms with Crippen molar-refractivity contribution in [3.05, 3.63) is 59.9 Å². The second-order valence-corrected chi connectivity index (χ2v) is 5.67. The molecule has 0 unspecified atom stereocenters. The van der Waals surface area contributed by atoms with E-state index >= 15 is 0 Å². The Labute approximate surface area is 143 Å². The number of hydrogen-bond acceptors (Lipinski definition) is 3. The summed E-state index contributed by atoms with van der Waals surface area (Å²) in [6, 6.07) is 12.7. The first-order chi connectivity index (χ1) is 12.0. The van der Waals surface area contributed by atoms with Crippen LogP contribution in [0.3, 0.4) is 0 Å². The van der Waals surface area contributed by atoms with Crippen molar-refractivity contribution in [2.45, 2.75) is 12.3 Å². The molecule has 2 aromatic rings. The van der Waals surface area contributed by atoms with Crippen molar-refractivity contribution in [3.63, 3.8) is 0 Å². The van der Waals surface area contributed by atoms with Gasteiger partial charge in [0.2, 0.25) is 17.7 Å². The molecular formula is C18H16FN3O3.